The number of fused-ring (bicyclic) bond motifs is 1. The largest absolute Gasteiger partial charge is 0.592 e. The molecule has 0 saturated carbocycles. The normalized spacial score (nSPS) is 15.8. The second-order valence-electron chi connectivity index (χ2n) is 9.46. The van der Waals surface area contributed by atoms with E-state index in [4.69, 9.17) is 23.2 Å². The van der Waals surface area contributed by atoms with Crippen molar-refractivity contribution in [3.8, 4) is 5.75 Å². The highest BCUT2D eigenvalue weighted by molar-refractivity contribution is 5.85. The highest BCUT2D eigenvalue weighted by Gasteiger charge is 2.23. The van der Waals surface area contributed by atoms with Crippen LogP contribution in [-0.4, -0.2) is 62.5 Å². The van der Waals surface area contributed by atoms with Crippen LogP contribution in [0.4, 0.5) is 5.88 Å². The van der Waals surface area contributed by atoms with E-state index in [1.165, 1.54) is 17.1 Å². The second-order valence-corrected chi connectivity index (χ2v) is 9.46. The molecule has 1 saturated heterocycles. The first-order chi connectivity index (χ1) is 17.2. The van der Waals surface area contributed by atoms with Crippen LogP contribution < -0.4 is 30.6 Å². The Morgan fingerprint density at radius 3 is 2.81 bits per heavy atom. The molecule has 12 nitrogen and oxygen atoms in total. The van der Waals surface area contributed by atoms with Gasteiger partial charge in [0.05, 0.1) is 37.2 Å². The Labute approximate surface area is 208 Å². The Bertz CT molecular complexity index is 1260. The fourth-order valence-electron chi connectivity index (χ4n) is 3.56. The van der Waals surface area contributed by atoms with Crippen LogP contribution >= 0.6 is 0 Å². The Morgan fingerprint density at radius 2 is 2.06 bits per heavy atom. The van der Waals surface area contributed by atoms with Crippen molar-refractivity contribution in [2.45, 2.75) is 39.3 Å². The molecule has 1 aromatic carbocycles. The molecular formula is C24H31N5O7. The summed E-state index contributed by atoms with van der Waals surface area (Å²) in [5.74, 6) is 0.394. The third-order valence-electron chi connectivity index (χ3n) is 5.44. The van der Waals surface area contributed by atoms with Crippen molar-refractivity contribution in [3.05, 3.63) is 46.4 Å². The number of aromatic nitrogens is 2. The fraction of sp³-hybridized carbons (Fsp3) is 0.500. The van der Waals surface area contributed by atoms with Crippen LogP contribution in [-0.2, 0) is 9.47 Å². The molecule has 1 aliphatic rings. The lowest BCUT2D eigenvalue weighted by molar-refractivity contribution is -0.759. The van der Waals surface area contributed by atoms with E-state index in [0.717, 1.165) is 10.9 Å². The third kappa shape index (κ3) is 6.73. The first-order valence-electron chi connectivity index (χ1n) is 11.7. The van der Waals surface area contributed by atoms with Gasteiger partial charge in [-0.15, -0.1) is 5.01 Å². The molecule has 0 bridgehead atoms. The molecule has 1 aliphatic heterocycles. The van der Waals surface area contributed by atoms with Gasteiger partial charge in [0.25, 0.3) is 6.20 Å². The molecule has 0 aliphatic carbocycles. The summed E-state index contributed by atoms with van der Waals surface area (Å²) >= 11 is 0. The number of aliphatic imine (C=N–C) groups is 1. The minimum Gasteiger partial charge on any atom is -0.592 e. The van der Waals surface area contributed by atoms with Crippen molar-refractivity contribution in [2.75, 3.05) is 44.5 Å². The summed E-state index contributed by atoms with van der Waals surface area (Å²) < 4.78 is 27.4. The van der Waals surface area contributed by atoms with Crippen molar-refractivity contribution in [1.29, 1.82) is 0 Å². The Morgan fingerprint density at radius 1 is 1.28 bits per heavy atom. The molecule has 2 aromatic heterocycles. The van der Waals surface area contributed by atoms with Crippen molar-refractivity contribution in [3.63, 3.8) is 0 Å². The molecule has 36 heavy (non-hydrogen) atoms. The quantitative estimate of drug-likeness (QED) is 0.201. The second kappa shape index (κ2) is 11.0. The van der Waals surface area contributed by atoms with E-state index >= 15 is 0 Å². The van der Waals surface area contributed by atoms with E-state index in [1.807, 2.05) is 38.8 Å². The van der Waals surface area contributed by atoms with E-state index in [0.29, 0.717) is 44.2 Å². The molecular weight excluding hydrogens is 470 g/mol. The SMILES string of the molecule is Cc1ccc(OCC(CNC(C)(C)C)O/C([O-])=N/c2c[n+](N3CCOCC3)no2)c2oc(=O)ccc12. The van der Waals surface area contributed by atoms with Crippen molar-refractivity contribution in [2.24, 2.45) is 4.99 Å². The van der Waals surface area contributed by atoms with Gasteiger partial charge in [-0.1, -0.05) is 6.07 Å². The monoisotopic (exact) mass is 501 g/mol. The van der Waals surface area contributed by atoms with Crippen LogP contribution in [0.1, 0.15) is 26.3 Å². The predicted molar refractivity (Wildman–Crippen MR) is 128 cm³/mol. The number of hydrogen-bond donors (Lipinski definition) is 1. The number of morpholine rings is 1. The van der Waals surface area contributed by atoms with Gasteiger partial charge in [-0.3, -0.25) is 4.52 Å². The summed E-state index contributed by atoms with van der Waals surface area (Å²) in [6, 6.07) is 6.65. The first kappa shape index (κ1) is 25.5. The number of benzene rings is 1. The number of rotatable bonds is 8. The standard InChI is InChI=1S/C24H31N5O7/c1-16-5-7-19(22-18(16)6-8-21(30)35-22)33-15-17(13-25-24(2,3)4)34-23(31)26-20-14-29(27-36-20)28-9-11-32-12-10-28/h5-8,14,17,25H,9-13,15H2,1-4H3. The number of ether oxygens (including phenoxy) is 3. The molecule has 1 atom stereocenters. The van der Waals surface area contributed by atoms with Gasteiger partial charge in [-0.25, -0.2) is 4.79 Å². The molecule has 1 fully saturated rings. The average Bonchev–Trinajstić information content (AvgIpc) is 3.30. The van der Waals surface area contributed by atoms with Crippen LogP contribution in [0, 0.1) is 6.92 Å². The maximum atomic E-state index is 12.6. The van der Waals surface area contributed by atoms with Crippen LogP contribution in [0.3, 0.4) is 0 Å². The van der Waals surface area contributed by atoms with E-state index in [2.05, 4.69) is 15.6 Å². The molecule has 1 N–H and O–H groups in total. The lowest BCUT2D eigenvalue weighted by Crippen LogP contribution is -2.62. The summed E-state index contributed by atoms with van der Waals surface area (Å²) in [7, 11) is 0. The van der Waals surface area contributed by atoms with Crippen LogP contribution in [0.5, 0.6) is 5.75 Å². The molecule has 4 rings (SSSR count). The van der Waals surface area contributed by atoms with Crippen molar-refractivity contribution < 1.29 is 33.0 Å². The molecule has 3 heterocycles. The molecule has 3 aromatic rings. The zero-order valence-corrected chi connectivity index (χ0v) is 20.9. The fourth-order valence-corrected chi connectivity index (χ4v) is 3.56. The summed E-state index contributed by atoms with van der Waals surface area (Å²) in [5, 5.41) is 22.5. The number of nitrogens with zero attached hydrogens (tertiary/aromatic N) is 4. The highest BCUT2D eigenvalue weighted by Crippen LogP contribution is 2.27. The lowest BCUT2D eigenvalue weighted by atomic mass is 10.1. The van der Waals surface area contributed by atoms with E-state index < -0.39 is 17.8 Å². The Kier molecular flexibility index (Phi) is 7.75. The smallest absolute Gasteiger partial charge is 0.336 e. The summed E-state index contributed by atoms with van der Waals surface area (Å²) in [4.78, 5) is 17.1. The van der Waals surface area contributed by atoms with Gasteiger partial charge in [0.15, 0.2) is 17.4 Å². The van der Waals surface area contributed by atoms with E-state index in [9.17, 15) is 9.90 Å². The number of hydrogen-bond acceptors (Lipinski definition) is 11. The van der Waals surface area contributed by atoms with Gasteiger partial charge in [0.1, 0.15) is 6.61 Å². The highest BCUT2D eigenvalue weighted by atomic mass is 16.6. The van der Waals surface area contributed by atoms with Crippen molar-refractivity contribution >= 4 is 22.9 Å². The summed E-state index contributed by atoms with van der Waals surface area (Å²) in [5.41, 5.74) is 0.587. The Balaban J connectivity index is 1.47. The minimum atomic E-state index is -0.843. The topological polar surface area (TPSA) is 138 Å². The molecule has 194 valence electrons. The van der Waals surface area contributed by atoms with Gasteiger partial charge in [-0.2, -0.15) is 4.99 Å². The van der Waals surface area contributed by atoms with E-state index in [-0.39, 0.29) is 18.0 Å². The van der Waals surface area contributed by atoms with Gasteiger partial charge in [0.2, 0.25) is 5.27 Å². The van der Waals surface area contributed by atoms with Gasteiger partial charge in [0, 0.05) is 23.5 Å². The third-order valence-corrected chi connectivity index (χ3v) is 5.44. The zero-order chi connectivity index (χ0) is 25.7. The number of nitrogens with one attached hydrogen (secondary N) is 1. The average molecular weight is 502 g/mol. The summed E-state index contributed by atoms with van der Waals surface area (Å²) in [6.45, 7) is 10.7. The molecule has 0 amide bonds. The molecule has 1 unspecified atom stereocenters. The zero-order valence-electron chi connectivity index (χ0n) is 20.9. The maximum Gasteiger partial charge on any atom is 0.336 e. The van der Waals surface area contributed by atoms with Gasteiger partial charge in [-0.05, 0) is 45.4 Å². The van der Waals surface area contributed by atoms with Gasteiger partial charge >= 0.3 is 11.5 Å². The first-order valence-corrected chi connectivity index (χ1v) is 11.7. The lowest BCUT2D eigenvalue weighted by Gasteiger charge is -2.30. The maximum absolute atomic E-state index is 12.6. The van der Waals surface area contributed by atoms with Crippen LogP contribution in [0.15, 0.2) is 49.2 Å². The van der Waals surface area contributed by atoms with Gasteiger partial charge < -0.3 is 29.1 Å². The molecule has 0 radical (unpaired) electrons. The van der Waals surface area contributed by atoms with Crippen LogP contribution in [0.2, 0.25) is 0 Å². The molecule has 0 spiro atoms. The molecule has 12 heteroatoms. The minimum absolute atomic E-state index is 0.00525. The predicted octanol–water partition coefficient (Wildman–Crippen LogP) is 0.545. The van der Waals surface area contributed by atoms with E-state index in [1.54, 1.807) is 12.1 Å². The van der Waals surface area contributed by atoms with Crippen molar-refractivity contribution in [1.82, 2.24) is 10.6 Å². The Hall–Kier alpha value is -3.64. The number of aryl methyl sites for hydroxylation is 1. The summed E-state index contributed by atoms with van der Waals surface area (Å²) in [6.07, 6.45) is -0.0298. The van der Waals surface area contributed by atoms with Crippen LogP contribution in [0.25, 0.3) is 11.0 Å².